The second-order valence-electron chi connectivity index (χ2n) is 5.61. The molecule has 1 aliphatic heterocycles. The predicted octanol–water partition coefficient (Wildman–Crippen LogP) is 2.66. The third-order valence-corrected chi connectivity index (χ3v) is 4.56. The summed E-state index contributed by atoms with van der Waals surface area (Å²) in [5.41, 5.74) is 1.02. The van der Waals surface area contributed by atoms with Crippen molar-refractivity contribution in [2.24, 2.45) is 5.92 Å². The van der Waals surface area contributed by atoms with E-state index in [-0.39, 0.29) is 36.4 Å². The van der Waals surface area contributed by atoms with E-state index in [1.807, 2.05) is 36.1 Å². The third kappa shape index (κ3) is 3.57. The fraction of sp³-hybridized carbons (Fsp3) is 0.562. The second-order valence-corrected chi connectivity index (χ2v) is 6.02. The van der Waals surface area contributed by atoms with Gasteiger partial charge in [0.2, 0.25) is 5.91 Å². The van der Waals surface area contributed by atoms with Crippen LogP contribution < -0.4 is 5.32 Å². The summed E-state index contributed by atoms with van der Waals surface area (Å²) < 4.78 is 5.55. The molecule has 0 bridgehead atoms. The number of carbonyl (C=O) groups excluding carboxylic acids is 1. The third-order valence-electron chi connectivity index (χ3n) is 4.22. The zero-order chi connectivity index (χ0) is 14.8. The first-order valence-electron chi connectivity index (χ1n) is 7.59. The fourth-order valence-corrected chi connectivity index (χ4v) is 3.30. The molecule has 3 atom stereocenters. The Morgan fingerprint density at radius 2 is 2.23 bits per heavy atom. The molecule has 0 radical (unpaired) electrons. The summed E-state index contributed by atoms with van der Waals surface area (Å²) in [5, 5.41) is 4.08. The Balaban J connectivity index is 0.00000176. The first-order valence-corrected chi connectivity index (χ1v) is 7.97. The molecular weight excluding hydrogens is 323 g/mol. The van der Waals surface area contributed by atoms with E-state index < -0.39 is 0 Å². The number of amides is 1. The van der Waals surface area contributed by atoms with Gasteiger partial charge in [0.25, 0.3) is 0 Å². The van der Waals surface area contributed by atoms with Crippen LogP contribution in [0.2, 0.25) is 5.02 Å². The Hall–Kier alpha value is -0.810. The minimum atomic E-state index is 0. The maximum atomic E-state index is 12.7. The molecule has 0 aromatic heterocycles. The molecule has 1 aromatic carbocycles. The van der Waals surface area contributed by atoms with Gasteiger partial charge in [-0.2, -0.15) is 0 Å². The minimum Gasteiger partial charge on any atom is -0.378 e. The molecule has 22 heavy (non-hydrogen) atoms. The van der Waals surface area contributed by atoms with Crippen LogP contribution in [0.3, 0.4) is 0 Å². The lowest BCUT2D eigenvalue weighted by atomic mass is 10.0. The van der Waals surface area contributed by atoms with Gasteiger partial charge in [0.05, 0.1) is 18.1 Å². The summed E-state index contributed by atoms with van der Waals surface area (Å²) in [6, 6.07) is 7.79. The van der Waals surface area contributed by atoms with Gasteiger partial charge >= 0.3 is 0 Å². The maximum absolute atomic E-state index is 12.7. The van der Waals surface area contributed by atoms with Crippen molar-refractivity contribution in [3.63, 3.8) is 0 Å². The van der Waals surface area contributed by atoms with Crippen LogP contribution in [0.25, 0.3) is 0 Å². The number of nitrogens with one attached hydrogen (secondary N) is 1. The van der Waals surface area contributed by atoms with Crippen LogP contribution in [0, 0.1) is 5.92 Å². The van der Waals surface area contributed by atoms with E-state index in [1.165, 1.54) is 0 Å². The molecule has 4 nitrogen and oxygen atoms in total. The van der Waals surface area contributed by atoms with Crippen molar-refractivity contribution in [2.45, 2.75) is 25.5 Å². The minimum absolute atomic E-state index is 0. The number of carbonyl (C=O) groups is 1. The molecule has 1 saturated carbocycles. The van der Waals surface area contributed by atoms with E-state index >= 15 is 0 Å². The van der Waals surface area contributed by atoms with Crippen LogP contribution in [0.4, 0.5) is 0 Å². The smallest absolute Gasteiger partial charge is 0.229 e. The number of nitrogens with zero attached hydrogens (tertiary/aromatic N) is 1. The normalized spacial score (nSPS) is 27.2. The number of halogens is 2. The van der Waals surface area contributed by atoms with Gasteiger partial charge in [-0.1, -0.05) is 29.8 Å². The van der Waals surface area contributed by atoms with E-state index in [0.717, 1.165) is 36.6 Å². The Labute approximate surface area is 142 Å². The highest BCUT2D eigenvalue weighted by Crippen LogP contribution is 2.38. The van der Waals surface area contributed by atoms with Crippen molar-refractivity contribution in [3.8, 4) is 0 Å². The molecule has 2 fully saturated rings. The van der Waals surface area contributed by atoms with Crippen LogP contribution in [0.1, 0.15) is 24.9 Å². The molecule has 3 unspecified atom stereocenters. The Morgan fingerprint density at radius 1 is 1.45 bits per heavy atom. The van der Waals surface area contributed by atoms with E-state index in [2.05, 4.69) is 5.32 Å². The molecule has 2 aliphatic rings. The molecule has 3 rings (SSSR count). The summed E-state index contributed by atoms with van der Waals surface area (Å²) in [4.78, 5) is 14.7. The molecule has 1 aliphatic carbocycles. The van der Waals surface area contributed by atoms with Gasteiger partial charge in [-0.05, 0) is 25.0 Å². The number of rotatable bonds is 4. The van der Waals surface area contributed by atoms with Crippen LogP contribution in [-0.4, -0.2) is 43.2 Å². The van der Waals surface area contributed by atoms with Gasteiger partial charge in [-0.25, -0.2) is 0 Å². The zero-order valence-electron chi connectivity index (χ0n) is 12.6. The molecule has 6 heteroatoms. The second kappa shape index (κ2) is 7.64. The van der Waals surface area contributed by atoms with E-state index in [9.17, 15) is 4.79 Å². The molecule has 1 amide bonds. The molecule has 1 N–H and O–H groups in total. The SMILES string of the molecule is CCOC1CC1C(=O)N1CCNCC1c1ccccc1Cl.Cl. The average molecular weight is 345 g/mol. The van der Waals surface area contributed by atoms with Gasteiger partial charge in [0.1, 0.15) is 0 Å². The molecule has 1 aromatic rings. The number of benzene rings is 1. The van der Waals surface area contributed by atoms with E-state index in [0.29, 0.717) is 6.61 Å². The highest BCUT2D eigenvalue weighted by molar-refractivity contribution is 6.31. The number of hydrogen-bond donors (Lipinski definition) is 1. The van der Waals surface area contributed by atoms with E-state index in [1.54, 1.807) is 0 Å². The zero-order valence-corrected chi connectivity index (χ0v) is 14.2. The predicted molar refractivity (Wildman–Crippen MR) is 89.5 cm³/mol. The molecule has 0 spiro atoms. The van der Waals surface area contributed by atoms with Crippen molar-refractivity contribution < 1.29 is 9.53 Å². The lowest BCUT2D eigenvalue weighted by Crippen LogP contribution is -2.49. The molecule has 1 heterocycles. The van der Waals surface area contributed by atoms with Gasteiger partial charge in [0.15, 0.2) is 0 Å². The first-order chi connectivity index (χ1) is 10.2. The van der Waals surface area contributed by atoms with Crippen LogP contribution >= 0.6 is 24.0 Å². The summed E-state index contributed by atoms with van der Waals surface area (Å²) in [5.74, 6) is 0.243. The monoisotopic (exact) mass is 344 g/mol. The van der Waals surface area contributed by atoms with Crippen LogP contribution in [-0.2, 0) is 9.53 Å². The average Bonchev–Trinajstić information content (AvgIpc) is 3.27. The van der Waals surface area contributed by atoms with Crippen LogP contribution in [0.5, 0.6) is 0 Å². The quantitative estimate of drug-likeness (QED) is 0.912. The lowest BCUT2D eigenvalue weighted by molar-refractivity contribution is -0.137. The summed E-state index contributed by atoms with van der Waals surface area (Å²) in [7, 11) is 0. The summed E-state index contributed by atoms with van der Waals surface area (Å²) >= 11 is 6.31. The summed E-state index contributed by atoms with van der Waals surface area (Å²) in [6.45, 7) is 4.95. The highest BCUT2D eigenvalue weighted by atomic mass is 35.5. The Morgan fingerprint density at radius 3 is 2.95 bits per heavy atom. The van der Waals surface area contributed by atoms with Crippen molar-refractivity contribution in [2.75, 3.05) is 26.2 Å². The summed E-state index contributed by atoms with van der Waals surface area (Å²) in [6.07, 6.45) is 0.968. The maximum Gasteiger partial charge on any atom is 0.229 e. The van der Waals surface area contributed by atoms with Crippen molar-refractivity contribution in [3.05, 3.63) is 34.9 Å². The van der Waals surface area contributed by atoms with Crippen molar-refractivity contribution in [1.82, 2.24) is 10.2 Å². The Kier molecular flexibility index (Phi) is 6.09. The largest absolute Gasteiger partial charge is 0.378 e. The van der Waals surface area contributed by atoms with E-state index in [4.69, 9.17) is 16.3 Å². The fourth-order valence-electron chi connectivity index (χ4n) is 3.03. The van der Waals surface area contributed by atoms with Gasteiger partial charge in [-0.15, -0.1) is 12.4 Å². The number of ether oxygens (including phenoxy) is 1. The highest BCUT2D eigenvalue weighted by Gasteiger charge is 2.47. The lowest BCUT2D eigenvalue weighted by Gasteiger charge is -2.37. The molecule has 1 saturated heterocycles. The number of hydrogen-bond acceptors (Lipinski definition) is 3. The van der Waals surface area contributed by atoms with Crippen molar-refractivity contribution in [1.29, 1.82) is 0 Å². The van der Waals surface area contributed by atoms with Crippen molar-refractivity contribution >= 4 is 29.9 Å². The molecule has 122 valence electrons. The van der Waals surface area contributed by atoms with Gasteiger partial charge < -0.3 is 15.0 Å². The Bertz CT molecular complexity index is 527. The van der Waals surface area contributed by atoms with Crippen LogP contribution in [0.15, 0.2) is 24.3 Å². The standard InChI is InChI=1S/C16H21ClN2O2.ClH/c1-2-21-15-9-12(15)16(20)19-8-7-18-10-14(19)11-5-3-4-6-13(11)17;/h3-6,12,14-15,18H,2,7-10H2,1H3;1H. The topological polar surface area (TPSA) is 41.6 Å². The molecular formula is C16H22Cl2N2O2. The van der Waals surface area contributed by atoms with Gasteiger partial charge in [-0.3, -0.25) is 4.79 Å². The van der Waals surface area contributed by atoms with Gasteiger partial charge in [0, 0.05) is 31.3 Å². The first kappa shape index (κ1) is 17.5. The number of piperazine rings is 1.